The van der Waals surface area contributed by atoms with Crippen molar-refractivity contribution in [2.45, 2.75) is 32.6 Å². The molecule has 0 spiro atoms. The minimum atomic E-state index is -2.74. The Morgan fingerprint density at radius 1 is 1.27 bits per heavy atom. The Morgan fingerprint density at radius 2 is 1.93 bits per heavy atom. The summed E-state index contributed by atoms with van der Waals surface area (Å²) in [6, 6.07) is 5.78. The first-order valence-electron chi connectivity index (χ1n) is 5.09. The quantitative estimate of drug-likeness (QED) is 0.817. The van der Waals surface area contributed by atoms with E-state index >= 15 is 0 Å². The number of benzene rings is 1. The average molecular weight is 213 g/mol. The van der Waals surface area contributed by atoms with Crippen LogP contribution in [0.4, 0.5) is 8.78 Å². The summed E-state index contributed by atoms with van der Waals surface area (Å²) in [6.07, 6.45) is 0.214. The third kappa shape index (κ3) is 3.27. The second-order valence-corrected chi connectivity index (χ2v) is 3.92. The highest BCUT2D eigenvalue weighted by Gasteiger charge is 2.26. The highest BCUT2D eigenvalue weighted by Crippen LogP contribution is 2.22. The van der Waals surface area contributed by atoms with Crippen LogP contribution in [0.5, 0.6) is 0 Å². The van der Waals surface area contributed by atoms with Crippen molar-refractivity contribution in [3.05, 3.63) is 34.9 Å². The Hall–Kier alpha value is -0.960. The van der Waals surface area contributed by atoms with Crippen LogP contribution < -0.4 is 5.73 Å². The van der Waals surface area contributed by atoms with Crippen molar-refractivity contribution < 1.29 is 8.78 Å². The number of aryl methyl sites for hydroxylation is 2. The Kier molecular flexibility index (Phi) is 3.80. The average Bonchev–Trinajstić information content (AvgIpc) is 2.20. The first kappa shape index (κ1) is 12.1. The largest absolute Gasteiger partial charge is 0.325 e. The Balaban J connectivity index is 2.70. The van der Waals surface area contributed by atoms with E-state index in [-0.39, 0.29) is 6.42 Å². The van der Waals surface area contributed by atoms with Gasteiger partial charge in [-0.05, 0) is 37.0 Å². The summed E-state index contributed by atoms with van der Waals surface area (Å²) < 4.78 is 25.9. The predicted octanol–water partition coefficient (Wildman–Crippen LogP) is 2.83. The van der Waals surface area contributed by atoms with Gasteiger partial charge in [0.15, 0.2) is 0 Å². The molecule has 0 unspecified atom stereocenters. The maximum atomic E-state index is 12.9. The van der Waals surface area contributed by atoms with E-state index in [1.165, 1.54) is 0 Å². The first-order valence-corrected chi connectivity index (χ1v) is 5.09. The van der Waals surface area contributed by atoms with Crippen LogP contribution in [-0.4, -0.2) is 12.5 Å². The summed E-state index contributed by atoms with van der Waals surface area (Å²) in [5, 5.41) is 0. The Bertz CT molecular complexity index is 334. The molecule has 0 bridgehead atoms. The van der Waals surface area contributed by atoms with E-state index in [2.05, 4.69) is 0 Å². The van der Waals surface area contributed by atoms with Crippen LogP contribution in [0.1, 0.15) is 23.1 Å². The molecule has 3 heteroatoms. The van der Waals surface area contributed by atoms with Crippen molar-refractivity contribution in [1.82, 2.24) is 0 Å². The molecule has 84 valence electrons. The van der Waals surface area contributed by atoms with Crippen LogP contribution in [0.15, 0.2) is 18.2 Å². The van der Waals surface area contributed by atoms with Gasteiger partial charge in [-0.3, -0.25) is 0 Å². The minimum Gasteiger partial charge on any atom is -0.325 e. The molecule has 1 aromatic carbocycles. The highest BCUT2D eigenvalue weighted by atomic mass is 19.3. The molecule has 0 saturated carbocycles. The molecule has 0 atom stereocenters. The molecule has 0 aliphatic heterocycles. The van der Waals surface area contributed by atoms with Gasteiger partial charge in [0.25, 0.3) is 5.92 Å². The monoisotopic (exact) mass is 213 g/mol. The zero-order chi connectivity index (χ0) is 11.5. The van der Waals surface area contributed by atoms with Crippen molar-refractivity contribution in [2.75, 3.05) is 6.54 Å². The molecule has 0 amide bonds. The number of halogens is 2. The molecule has 0 fully saturated rings. The fraction of sp³-hybridized carbons (Fsp3) is 0.500. The summed E-state index contributed by atoms with van der Waals surface area (Å²) >= 11 is 0. The zero-order valence-electron chi connectivity index (χ0n) is 9.19. The fourth-order valence-electron chi connectivity index (χ4n) is 1.50. The van der Waals surface area contributed by atoms with Crippen LogP contribution in [0.2, 0.25) is 0 Å². The van der Waals surface area contributed by atoms with Gasteiger partial charge in [0, 0.05) is 6.42 Å². The standard InChI is InChI=1S/C12H17F2N/c1-9-4-3-5-11(10(9)2)6-7-12(13,14)8-15/h3-5H,6-8,15H2,1-2H3. The Morgan fingerprint density at radius 3 is 2.53 bits per heavy atom. The molecular weight excluding hydrogens is 196 g/mol. The van der Waals surface area contributed by atoms with Gasteiger partial charge < -0.3 is 5.73 Å². The van der Waals surface area contributed by atoms with E-state index in [0.29, 0.717) is 6.42 Å². The molecule has 0 aliphatic carbocycles. The normalized spacial score (nSPS) is 11.8. The summed E-state index contributed by atoms with van der Waals surface area (Å²) in [6.45, 7) is 3.38. The molecule has 0 saturated heterocycles. The summed E-state index contributed by atoms with van der Waals surface area (Å²) in [7, 11) is 0. The van der Waals surface area contributed by atoms with Gasteiger partial charge in [0.05, 0.1) is 6.54 Å². The molecular formula is C12H17F2N. The van der Waals surface area contributed by atoms with Gasteiger partial charge in [0.2, 0.25) is 0 Å². The smallest absolute Gasteiger partial charge is 0.260 e. The van der Waals surface area contributed by atoms with E-state index in [1.54, 1.807) is 0 Å². The molecule has 2 N–H and O–H groups in total. The number of nitrogens with two attached hydrogens (primary N) is 1. The molecule has 0 aliphatic rings. The van der Waals surface area contributed by atoms with Gasteiger partial charge in [-0.15, -0.1) is 0 Å². The van der Waals surface area contributed by atoms with E-state index in [4.69, 9.17) is 5.73 Å². The van der Waals surface area contributed by atoms with E-state index in [1.807, 2.05) is 32.0 Å². The minimum absolute atomic E-state index is 0.173. The summed E-state index contributed by atoms with van der Waals surface area (Å²) in [4.78, 5) is 0. The fourth-order valence-corrected chi connectivity index (χ4v) is 1.50. The second-order valence-electron chi connectivity index (χ2n) is 3.92. The van der Waals surface area contributed by atoms with Crippen molar-refractivity contribution in [3.63, 3.8) is 0 Å². The van der Waals surface area contributed by atoms with Crippen molar-refractivity contribution >= 4 is 0 Å². The van der Waals surface area contributed by atoms with Crippen molar-refractivity contribution in [2.24, 2.45) is 5.73 Å². The maximum absolute atomic E-state index is 12.9. The topological polar surface area (TPSA) is 26.0 Å². The van der Waals surface area contributed by atoms with Gasteiger partial charge >= 0.3 is 0 Å². The van der Waals surface area contributed by atoms with Crippen molar-refractivity contribution in [1.29, 1.82) is 0 Å². The maximum Gasteiger partial charge on any atom is 0.260 e. The summed E-state index contributed by atoms with van der Waals surface area (Å²) in [5.41, 5.74) is 8.22. The van der Waals surface area contributed by atoms with Crippen molar-refractivity contribution in [3.8, 4) is 0 Å². The zero-order valence-corrected chi connectivity index (χ0v) is 9.19. The lowest BCUT2D eigenvalue weighted by Crippen LogP contribution is -2.28. The third-order valence-corrected chi connectivity index (χ3v) is 2.78. The lowest BCUT2D eigenvalue weighted by molar-refractivity contribution is 0.00244. The molecule has 0 aromatic heterocycles. The highest BCUT2D eigenvalue weighted by molar-refractivity contribution is 5.33. The van der Waals surface area contributed by atoms with E-state index in [0.717, 1.165) is 16.7 Å². The van der Waals surface area contributed by atoms with Gasteiger partial charge in [-0.1, -0.05) is 18.2 Å². The van der Waals surface area contributed by atoms with Gasteiger partial charge in [0.1, 0.15) is 0 Å². The van der Waals surface area contributed by atoms with E-state index < -0.39 is 12.5 Å². The molecule has 0 radical (unpaired) electrons. The van der Waals surface area contributed by atoms with E-state index in [9.17, 15) is 8.78 Å². The van der Waals surface area contributed by atoms with Gasteiger partial charge in [-0.25, -0.2) is 8.78 Å². The molecule has 1 nitrogen and oxygen atoms in total. The lowest BCUT2D eigenvalue weighted by atomic mass is 9.98. The second kappa shape index (κ2) is 4.71. The van der Waals surface area contributed by atoms with Crippen LogP contribution in [-0.2, 0) is 6.42 Å². The number of rotatable bonds is 4. The molecule has 1 aromatic rings. The van der Waals surface area contributed by atoms with Crippen LogP contribution >= 0.6 is 0 Å². The number of hydrogen-bond donors (Lipinski definition) is 1. The molecule has 0 heterocycles. The predicted molar refractivity (Wildman–Crippen MR) is 58.2 cm³/mol. The third-order valence-electron chi connectivity index (χ3n) is 2.78. The lowest BCUT2D eigenvalue weighted by Gasteiger charge is -2.15. The van der Waals surface area contributed by atoms with Crippen LogP contribution in [0, 0.1) is 13.8 Å². The molecule has 15 heavy (non-hydrogen) atoms. The van der Waals surface area contributed by atoms with Crippen LogP contribution in [0.3, 0.4) is 0 Å². The van der Waals surface area contributed by atoms with Crippen LogP contribution in [0.25, 0.3) is 0 Å². The first-order chi connectivity index (χ1) is 6.96. The molecule has 1 rings (SSSR count). The number of hydrogen-bond acceptors (Lipinski definition) is 1. The number of alkyl halides is 2. The Labute approximate surface area is 89.3 Å². The SMILES string of the molecule is Cc1cccc(CCC(F)(F)CN)c1C. The van der Waals surface area contributed by atoms with Gasteiger partial charge in [-0.2, -0.15) is 0 Å². The summed E-state index contributed by atoms with van der Waals surface area (Å²) in [5.74, 6) is -2.74.